The van der Waals surface area contributed by atoms with Crippen molar-refractivity contribution in [2.24, 2.45) is 11.0 Å². The van der Waals surface area contributed by atoms with Crippen LogP contribution in [0.5, 0.6) is 0 Å². The molecule has 0 N–H and O–H groups in total. The third-order valence-corrected chi connectivity index (χ3v) is 8.06. The topological polar surface area (TPSA) is 49.7 Å². The largest absolute Gasteiger partial charge is 0.294 e. The molecule has 2 aliphatic heterocycles. The third kappa shape index (κ3) is 4.61. The lowest BCUT2D eigenvalue weighted by molar-refractivity contribution is 0.0877. The molecule has 2 aromatic carbocycles. The molecule has 0 aromatic heterocycles. The minimum atomic E-state index is -0.320. The molecular weight excluding hydrogens is 548 g/mol. The Morgan fingerprint density at radius 1 is 1.07 bits per heavy atom. The zero-order valence-electron chi connectivity index (χ0n) is 16.1. The Morgan fingerprint density at radius 2 is 1.67 bits per heavy atom. The van der Waals surface area contributed by atoms with Crippen molar-refractivity contribution in [3.8, 4) is 0 Å². The number of allylic oxidation sites excluding steroid dienone is 1. The van der Waals surface area contributed by atoms with E-state index in [1.807, 2.05) is 53.5 Å². The van der Waals surface area contributed by atoms with Crippen LogP contribution in [0.4, 0.5) is 0 Å². The van der Waals surface area contributed by atoms with E-state index in [2.05, 4.69) is 43.9 Å². The van der Waals surface area contributed by atoms with Gasteiger partial charge in [0, 0.05) is 31.6 Å². The fraction of sp³-hybridized carbons (Fsp3) is 0.227. The molecule has 4 rings (SSSR count). The molecule has 0 spiro atoms. The van der Waals surface area contributed by atoms with Crippen LogP contribution in [0.15, 0.2) is 73.2 Å². The molecule has 0 bridgehead atoms. The van der Waals surface area contributed by atoms with E-state index in [1.54, 1.807) is 11.8 Å². The Kier molecular flexibility index (Phi) is 6.87. The summed E-state index contributed by atoms with van der Waals surface area (Å²) in [5.74, 6) is 0.588. The second-order valence-corrected chi connectivity index (χ2v) is 11.2. The van der Waals surface area contributed by atoms with E-state index in [-0.39, 0.29) is 17.5 Å². The number of benzene rings is 2. The van der Waals surface area contributed by atoms with Gasteiger partial charge < -0.3 is 0 Å². The SMILES string of the molecule is CCSC1=NN2CC(C(=O)c3ccc(Br)cc3)CC(C(=O)c3ccc(Br)cc3)=C2S1. The Balaban J connectivity index is 1.67. The van der Waals surface area contributed by atoms with Gasteiger partial charge in [0.25, 0.3) is 0 Å². The molecule has 2 heterocycles. The number of nitrogens with zero attached hydrogens (tertiary/aromatic N) is 2. The number of fused-ring (bicyclic) bond motifs is 1. The minimum absolute atomic E-state index is 0.0405. The lowest BCUT2D eigenvalue weighted by Crippen LogP contribution is -2.34. The van der Waals surface area contributed by atoms with E-state index in [4.69, 9.17) is 0 Å². The summed E-state index contributed by atoms with van der Waals surface area (Å²) >= 11 is 10.0. The molecule has 0 aliphatic carbocycles. The van der Waals surface area contributed by atoms with Crippen molar-refractivity contribution in [1.82, 2.24) is 5.01 Å². The monoisotopic (exact) mass is 564 g/mol. The van der Waals surface area contributed by atoms with Crippen LogP contribution in [0.3, 0.4) is 0 Å². The normalized spacial score (nSPS) is 18.3. The second kappa shape index (κ2) is 9.42. The summed E-state index contributed by atoms with van der Waals surface area (Å²) in [4.78, 5) is 26.6. The van der Waals surface area contributed by atoms with Crippen LogP contribution in [-0.2, 0) is 0 Å². The second-order valence-electron chi connectivity index (χ2n) is 6.88. The summed E-state index contributed by atoms with van der Waals surface area (Å²) in [6, 6.07) is 14.7. The van der Waals surface area contributed by atoms with Gasteiger partial charge >= 0.3 is 0 Å². The zero-order valence-corrected chi connectivity index (χ0v) is 20.9. The van der Waals surface area contributed by atoms with Gasteiger partial charge in [-0.2, -0.15) is 5.10 Å². The van der Waals surface area contributed by atoms with Crippen molar-refractivity contribution in [2.45, 2.75) is 13.3 Å². The first kappa shape index (κ1) is 21.9. The van der Waals surface area contributed by atoms with Gasteiger partial charge in [0.15, 0.2) is 15.9 Å². The average molecular weight is 566 g/mol. The molecular formula is C22H18Br2N2O2S2. The fourth-order valence-electron chi connectivity index (χ4n) is 3.42. The highest BCUT2D eigenvalue weighted by Gasteiger charge is 2.38. The van der Waals surface area contributed by atoms with E-state index >= 15 is 0 Å². The molecule has 2 aliphatic rings. The number of ketones is 2. The van der Waals surface area contributed by atoms with E-state index in [1.165, 1.54) is 11.8 Å². The van der Waals surface area contributed by atoms with E-state index in [0.717, 1.165) is 24.1 Å². The number of Topliss-reactive ketones (excluding diaryl/α,β-unsaturated/α-hetero) is 2. The molecule has 1 atom stereocenters. The molecule has 0 saturated heterocycles. The van der Waals surface area contributed by atoms with Crippen LogP contribution in [0.25, 0.3) is 0 Å². The number of hydrogen-bond acceptors (Lipinski definition) is 6. The molecule has 2 aromatic rings. The molecule has 4 nitrogen and oxygen atoms in total. The first-order valence-corrected chi connectivity index (χ1v) is 12.8. The molecule has 0 fully saturated rings. The van der Waals surface area contributed by atoms with Crippen molar-refractivity contribution < 1.29 is 9.59 Å². The molecule has 30 heavy (non-hydrogen) atoms. The third-order valence-electron chi connectivity index (χ3n) is 4.87. The highest BCUT2D eigenvalue weighted by Crippen LogP contribution is 2.43. The number of hydrogen-bond donors (Lipinski definition) is 0. The van der Waals surface area contributed by atoms with Gasteiger partial charge in [-0.3, -0.25) is 14.6 Å². The van der Waals surface area contributed by atoms with Gasteiger partial charge in [-0.15, -0.1) is 0 Å². The van der Waals surface area contributed by atoms with Gasteiger partial charge in [0.1, 0.15) is 5.03 Å². The Labute approximate surface area is 200 Å². The summed E-state index contributed by atoms with van der Waals surface area (Å²) < 4.78 is 2.77. The van der Waals surface area contributed by atoms with Gasteiger partial charge in [-0.05, 0) is 60.3 Å². The van der Waals surface area contributed by atoms with Crippen LogP contribution in [0.1, 0.15) is 34.1 Å². The van der Waals surface area contributed by atoms with Crippen LogP contribution >= 0.6 is 55.4 Å². The van der Waals surface area contributed by atoms with E-state index in [9.17, 15) is 9.59 Å². The fourth-order valence-corrected chi connectivity index (χ4v) is 6.00. The maximum atomic E-state index is 13.4. The maximum Gasteiger partial charge on any atom is 0.191 e. The summed E-state index contributed by atoms with van der Waals surface area (Å²) in [6.45, 7) is 2.56. The van der Waals surface area contributed by atoms with Crippen LogP contribution in [0.2, 0.25) is 0 Å². The highest BCUT2D eigenvalue weighted by molar-refractivity contribution is 9.10. The Hall–Kier alpha value is -1.35. The predicted octanol–water partition coefficient (Wildman–Crippen LogP) is 6.58. The number of halogens is 2. The first-order valence-electron chi connectivity index (χ1n) is 9.46. The van der Waals surface area contributed by atoms with E-state index in [0.29, 0.717) is 29.7 Å². The molecule has 1 unspecified atom stereocenters. The summed E-state index contributed by atoms with van der Waals surface area (Å²) in [5, 5.41) is 7.39. The van der Waals surface area contributed by atoms with Gasteiger partial charge in [0.2, 0.25) is 0 Å². The number of rotatable bonds is 5. The zero-order chi connectivity index (χ0) is 21.3. The number of carbonyl (C=O) groups is 2. The van der Waals surface area contributed by atoms with Crippen molar-refractivity contribution in [1.29, 1.82) is 0 Å². The average Bonchev–Trinajstić information content (AvgIpc) is 3.16. The Morgan fingerprint density at radius 3 is 2.27 bits per heavy atom. The standard InChI is InChI=1S/C22H18Br2N2O2S2/c1-2-29-22-25-26-12-15(19(27)13-3-7-16(23)8-4-13)11-18(21(26)30-22)20(28)14-5-9-17(24)10-6-14/h3-10,15H,2,11-12H2,1H3. The molecule has 0 amide bonds. The quantitative estimate of drug-likeness (QED) is 0.383. The number of hydrazone groups is 1. The summed E-state index contributed by atoms with van der Waals surface area (Å²) in [5.41, 5.74) is 1.94. The lowest BCUT2D eigenvalue weighted by Gasteiger charge is -2.30. The smallest absolute Gasteiger partial charge is 0.191 e. The van der Waals surface area contributed by atoms with Gasteiger partial charge in [0.05, 0.1) is 6.54 Å². The van der Waals surface area contributed by atoms with E-state index < -0.39 is 0 Å². The molecule has 8 heteroatoms. The van der Waals surface area contributed by atoms with Crippen molar-refractivity contribution in [2.75, 3.05) is 12.3 Å². The van der Waals surface area contributed by atoms with Gasteiger partial charge in [-0.1, -0.05) is 62.7 Å². The summed E-state index contributed by atoms with van der Waals surface area (Å²) in [6.07, 6.45) is 0.419. The summed E-state index contributed by atoms with van der Waals surface area (Å²) in [7, 11) is 0. The molecule has 154 valence electrons. The van der Waals surface area contributed by atoms with Crippen LogP contribution < -0.4 is 0 Å². The maximum absolute atomic E-state index is 13.4. The van der Waals surface area contributed by atoms with Gasteiger partial charge in [-0.25, -0.2) is 0 Å². The molecule has 0 saturated carbocycles. The van der Waals surface area contributed by atoms with Crippen molar-refractivity contribution >= 4 is 71.3 Å². The lowest BCUT2D eigenvalue weighted by atomic mass is 9.86. The molecule has 0 radical (unpaired) electrons. The predicted molar refractivity (Wildman–Crippen MR) is 132 cm³/mol. The van der Waals surface area contributed by atoms with Crippen molar-refractivity contribution in [3.63, 3.8) is 0 Å². The number of thioether (sulfide) groups is 2. The number of carbonyl (C=O) groups excluding carboxylic acids is 2. The highest BCUT2D eigenvalue weighted by atomic mass is 79.9. The minimum Gasteiger partial charge on any atom is -0.294 e. The van der Waals surface area contributed by atoms with Crippen molar-refractivity contribution in [3.05, 3.63) is 79.2 Å². The Bertz CT molecular complexity index is 1050. The van der Waals surface area contributed by atoms with Crippen LogP contribution in [0, 0.1) is 5.92 Å². The van der Waals surface area contributed by atoms with Crippen LogP contribution in [-0.4, -0.2) is 33.2 Å². The first-order chi connectivity index (χ1) is 14.5.